The summed E-state index contributed by atoms with van der Waals surface area (Å²) in [4.78, 5) is 27.5. The van der Waals surface area contributed by atoms with Crippen LogP contribution in [0.25, 0.3) is 16.6 Å². The molecule has 0 aliphatic carbocycles. The Balaban J connectivity index is 1.27. The van der Waals surface area contributed by atoms with Gasteiger partial charge in [0.05, 0.1) is 24.2 Å². The van der Waals surface area contributed by atoms with Crippen molar-refractivity contribution < 1.29 is 14.3 Å². The van der Waals surface area contributed by atoms with E-state index in [0.29, 0.717) is 51.2 Å². The first-order chi connectivity index (χ1) is 14.2. The second-order valence-electron chi connectivity index (χ2n) is 7.80. The molecule has 0 saturated carbocycles. The molecule has 0 bridgehead atoms. The molecule has 0 atom stereocenters. The molecule has 29 heavy (non-hydrogen) atoms. The normalized spacial score (nSPS) is 18.8. The Morgan fingerprint density at radius 1 is 0.966 bits per heavy atom. The van der Waals surface area contributed by atoms with E-state index >= 15 is 0 Å². The van der Waals surface area contributed by atoms with Crippen molar-refractivity contribution in [1.29, 1.82) is 0 Å². The number of piperidine rings is 1. The van der Waals surface area contributed by atoms with E-state index in [0.717, 1.165) is 23.9 Å². The number of amides is 1. The van der Waals surface area contributed by atoms with E-state index in [-0.39, 0.29) is 11.5 Å². The third-order valence-electron chi connectivity index (χ3n) is 6.11. The number of para-hydroxylation sites is 2. The predicted octanol–water partition coefficient (Wildman–Crippen LogP) is 2.40. The standard InChI is InChI=1S/C22H25N3O4/c26-20(23-13-9-22(10-14-23)28-15-16-29-22)8-4-12-25-18-6-2-1-5-17(18)24-11-3-7-19(24)21(25)27/h1-3,5-7,11H,4,8-10,12-16H2. The van der Waals surface area contributed by atoms with Crippen LogP contribution >= 0.6 is 0 Å². The molecule has 1 aromatic carbocycles. The zero-order valence-electron chi connectivity index (χ0n) is 16.4. The Bertz CT molecular complexity index is 1100. The second-order valence-corrected chi connectivity index (χ2v) is 7.80. The molecular weight excluding hydrogens is 370 g/mol. The SMILES string of the molecule is O=C(CCCn1c(=O)c2cccn2c2ccccc21)N1CCC2(CC1)OCCO2. The number of aryl methyl sites for hydroxylation is 1. The number of carbonyl (C=O) groups excluding carboxylic acids is 1. The number of hydrogen-bond acceptors (Lipinski definition) is 4. The molecule has 1 amide bonds. The minimum atomic E-state index is -0.463. The molecule has 0 radical (unpaired) electrons. The monoisotopic (exact) mass is 395 g/mol. The van der Waals surface area contributed by atoms with Gasteiger partial charge in [-0.15, -0.1) is 0 Å². The zero-order chi connectivity index (χ0) is 19.8. The lowest BCUT2D eigenvalue weighted by Gasteiger charge is -2.37. The van der Waals surface area contributed by atoms with E-state index in [4.69, 9.17) is 9.47 Å². The van der Waals surface area contributed by atoms with Gasteiger partial charge in [0.25, 0.3) is 5.56 Å². The second kappa shape index (κ2) is 7.31. The van der Waals surface area contributed by atoms with Gasteiger partial charge < -0.3 is 23.3 Å². The molecule has 7 heteroatoms. The predicted molar refractivity (Wildman–Crippen MR) is 109 cm³/mol. The maximum absolute atomic E-state index is 12.9. The number of likely N-dealkylation sites (tertiary alicyclic amines) is 1. The smallest absolute Gasteiger partial charge is 0.275 e. The minimum absolute atomic E-state index is 0.0170. The van der Waals surface area contributed by atoms with E-state index in [1.807, 2.05) is 51.9 Å². The van der Waals surface area contributed by atoms with Gasteiger partial charge >= 0.3 is 0 Å². The van der Waals surface area contributed by atoms with Gasteiger partial charge in [0.1, 0.15) is 5.52 Å². The molecular formula is C22H25N3O4. The van der Waals surface area contributed by atoms with Crippen molar-refractivity contribution in [2.24, 2.45) is 0 Å². The molecule has 2 aliphatic rings. The van der Waals surface area contributed by atoms with Gasteiger partial charge in [-0.1, -0.05) is 12.1 Å². The summed E-state index contributed by atoms with van der Waals surface area (Å²) >= 11 is 0. The van der Waals surface area contributed by atoms with Crippen LogP contribution in [0, 0.1) is 0 Å². The van der Waals surface area contributed by atoms with Gasteiger partial charge in [0.2, 0.25) is 5.91 Å². The Morgan fingerprint density at radius 3 is 2.41 bits per heavy atom. The fourth-order valence-electron chi connectivity index (χ4n) is 4.56. The average molecular weight is 395 g/mol. The van der Waals surface area contributed by atoms with Crippen LogP contribution in [0.1, 0.15) is 25.7 Å². The van der Waals surface area contributed by atoms with E-state index in [1.54, 1.807) is 4.57 Å². The number of benzene rings is 1. The molecule has 2 fully saturated rings. The minimum Gasteiger partial charge on any atom is -0.347 e. The molecule has 1 spiro atoms. The number of nitrogens with zero attached hydrogens (tertiary/aromatic N) is 3. The first kappa shape index (κ1) is 18.4. The van der Waals surface area contributed by atoms with Crippen molar-refractivity contribution in [1.82, 2.24) is 13.9 Å². The number of fused-ring (bicyclic) bond motifs is 3. The van der Waals surface area contributed by atoms with Gasteiger partial charge in [-0.2, -0.15) is 0 Å². The van der Waals surface area contributed by atoms with Gasteiger partial charge in [0.15, 0.2) is 5.79 Å². The molecule has 7 nitrogen and oxygen atoms in total. The first-order valence-corrected chi connectivity index (χ1v) is 10.3. The largest absolute Gasteiger partial charge is 0.347 e. The Kier molecular flexibility index (Phi) is 4.64. The summed E-state index contributed by atoms with van der Waals surface area (Å²) in [7, 11) is 0. The molecule has 5 rings (SSSR count). The van der Waals surface area contributed by atoms with E-state index in [2.05, 4.69) is 0 Å². The quantitative estimate of drug-likeness (QED) is 0.681. The van der Waals surface area contributed by atoms with Crippen molar-refractivity contribution in [2.75, 3.05) is 26.3 Å². The molecule has 2 saturated heterocycles. The van der Waals surface area contributed by atoms with Crippen LogP contribution in [-0.2, 0) is 20.8 Å². The van der Waals surface area contributed by atoms with Crippen LogP contribution in [0.2, 0.25) is 0 Å². The third kappa shape index (κ3) is 3.24. The number of hydrogen-bond donors (Lipinski definition) is 0. The molecule has 2 aliphatic heterocycles. The maximum atomic E-state index is 12.9. The van der Waals surface area contributed by atoms with Gasteiger partial charge in [-0.05, 0) is 30.7 Å². The Morgan fingerprint density at radius 2 is 1.66 bits per heavy atom. The van der Waals surface area contributed by atoms with E-state index < -0.39 is 5.79 Å². The van der Waals surface area contributed by atoms with E-state index in [9.17, 15) is 9.59 Å². The number of aromatic nitrogens is 2. The molecule has 152 valence electrons. The molecule has 3 aromatic rings. The van der Waals surface area contributed by atoms with Crippen molar-refractivity contribution >= 4 is 22.5 Å². The summed E-state index contributed by atoms with van der Waals surface area (Å²) in [6.45, 7) is 3.14. The highest BCUT2D eigenvalue weighted by atomic mass is 16.7. The summed E-state index contributed by atoms with van der Waals surface area (Å²) in [5.41, 5.74) is 2.53. The van der Waals surface area contributed by atoms with Gasteiger partial charge in [0, 0.05) is 45.1 Å². The van der Waals surface area contributed by atoms with Gasteiger partial charge in [-0.25, -0.2) is 0 Å². The van der Waals surface area contributed by atoms with Crippen LogP contribution < -0.4 is 5.56 Å². The summed E-state index contributed by atoms with van der Waals surface area (Å²) in [5.74, 6) is -0.325. The fourth-order valence-corrected chi connectivity index (χ4v) is 4.56. The Hall–Kier alpha value is -2.64. The number of ether oxygens (including phenoxy) is 2. The third-order valence-corrected chi connectivity index (χ3v) is 6.11. The molecule has 0 N–H and O–H groups in total. The van der Waals surface area contributed by atoms with Crippen molar-refractivity contribution in [2.45, 2.75) is 38.0 Å². The van der Waals surface area contributed by atoms with Crippen molar-refractivity contribution in [3.8, 4) is 0 Å². The lowest BCUT2D eigenvalue weighted by atomic mass is 10.0. The van der Waals surface area contributed by atoms with Crippen molar-refractivity contribution in [3.63, 3.8) is 0 Å². The highest BCUT2D eigenvalue weighted by molar-refractivity contribution is 5.79. The number of rotatable bonds is 4. The lowest BCUT2D eigenvalue weighted by Crippen LogP contribution is -2.47. The van der Waals surface area contributed by atoms with Crippen LogP contribution in [-0.4, -0.2) is 51.9 Å². The highest BCUT2D eigenvalue weighted by Crippen LogP contribution is 2.31. The van der Waals surface area contributed by atoms with Crippen LogP contribution in [0.4, 0.5) is 0 Å². The van der Waals surface area contributed by atoms with Crippen LogP contribution in [0.5, 0.6) is 0 Å². The highest BCUT2D eigenvalue weighted by Gasteiger charge is 2.40. The van der Waals surface area contributed by atoms with Crippen LogP contribution in [0.3, 0.4) is 0 Å². The lowest BCUT2D eigenvalue weighted by molar-refractivity contribution is -0.187. The number of carbonyl (C=O) groups is 1. The molecule has 4 heterocycles. The Labute approximate surface area is 168 Å². The van der Waals surface area contributed by atoms with Crippen LogP contribution in [0.15, 0.2) is 47.4 Å². The maximum Gasteiger partial charge on any atom is 0.275 e. The first-order valence-electron chi connectivity index (χ1n) is 10.3. The van der Waals surface area contributed by atoms with Gasteiger partial charge in [-0.3, -0.25) is 9.59 Å². The average Bonchev–Trinajstić information content (AvgIpc) is 3.41. The van der Waals surface area contributed by atoms with E-state index in [1.165, 1.54) is 0 Å². The molecule has 0 unspecified atom stereocenters. The summed E-state index contributed by atoms with van der Waals surface area (Å²) in [5, 5.41) is 0. The topological polar surface area (TPSA) is 65.2 Å². The summed E-state index contributed by atoms with van der Waals surface area (Å²) < 4.78 is 15.2. The molecule has 2 aromatic heterocycles. The summed E-state index contributed by atoms with van der Waals surface area (Å²) in [6, 6.07) is 11.6. The summed E-state index contributed by atoms with van der Waals surface area (Å²) in [6.07, 6.45) is 4.44. The zero-order valence-corrected chi connectivity index (χ0v) is 16.4. The van der Waals surface area contributed by atoms with Crippen molar-refractivity contribution in [3.05, 3.63) is 52.9 Å². The fraction of sp³-hybridized carbons (Fsp3) is 0.455.